The van der Waals surface area contributed by atoms with Crippen LogP contribution >= 0.6 is 22.9 Å². The molecule has 9 heteroatoms. The Morgan fingerprint density at radius 2 is 1.75 bits per heavy atom. The number of nitrogens with zero attached hydrogens (tertiary/aromatic N) is 2. The molecule has 4 aromatic rings. The Balaban J connectivity index is 1.49. The minimum absolute atomic E-state index is 0.0285. The number of rotatable bonds is 7. The Morgan fingerprint density at radius 3 is 2.39 bits per heavy atom. The van der Waals surface area contributed by atoms with E-state index in [-0.39, 0.29) is 23.4 Å². The molecule has 36 heavy (non-hydrogen) atoms. The van der Waals surface area contributed by atoms with Crippen molar-refractivity contribution in [1.82, 2.24) is 10.3 Å². The first kappa shape index (κ1) is 23.7. The number of aromatic nitrogens is 1. The highest BCUT2D eigenvalue weighted by molar-refractivity contribution is 7.10. The van der Waals surface area contributed by atoms with Crippen LogP contribution in [0.15, 0.2) is 89.9 Å². The predicted octanol–water partition coefficient (Wildman–Crippen LogP) is 6.58. The van der Waals surface area contributed by atoms with Crippen LogP contribution in [0.5, 0.6) is 5.75 Å². The smallest absolute Gasteiger partial charge is 0.269 e. The molecule has 0 bridgehead atoms. The molecule has 1 aromatic heterocycles. The highest BCUT2D eigenvalue weighted by Crippen LogP contribution is 2.44. The molecule has 0 fully saturated rings. The summed E-state index contributed by atoms with van der Waals surface area (Å²) >= 11 is 7.49. The molecular weight excluding hydrogens is 498 g/mol. The quantitative estimate of drug-likeness (QED) is 0.169. The van der Waals surface area contributed by atoms with Crippen LogP contribution in [0.2, 0.25) is 5.02 Å². The van der Waals surface area contributed by atoms with Gasteiger partial charge in [-0.1, -0.05) is 23.7 Å². The molecule has 1 N–H and O–H groups in total. The zero-order chi connectivity index (χ0) is 25.2. The monoisotopic (exact) mass is 517 g/mol. The second-order valence-corrected chi connectivity index (χ2v) is 9.53. The van der Waals surface area contributed by atoms with E-state index in [0.29, 0.717) is 16.2 Å². The number of thiazole rings is 1. The third-order valence-corrected chi connectivity index (χ3v) is 7.27. The van der Waals surface area contributed by atoms with Crippen LogP contribution in [0.4, 0.5) is 5.69 Å². The summed E-state index contributed by atoms with van der Waals surface area (Å²) in [5.41, 5.74) is 3.66. The molecule has 180 valence electrons. The Labute approximate surface area is 216 Å². The van der Waals surface area contributed by atoms with Crippen molar-refractivity contribution in [2.75, 3.05) is 7.11 Å². The molecular formula is C27H20ClN3O4S. The number of ether oxygens (including phenoxy) is 1. The van der Waals surface area contributed by atoms with Crippen molar-refractivity contribution in [3.63, 3.8) is 0 Å². The van der Waals surface area contributed by atoms with Crippen molar-refractivity contribution < 1.29 is 14.5 Å². The zero-order valence-electron chi connectivity index (χ0n) is 19.1. The molecule has 3 aromatic carbocycles. The zero-order valence-corrected chi connectivity index (χ0v) is 20.6. The summed E-state index contributed by atoms with van der Waals surface area (Å²) in [6.07, 6.45) is 1.77. The molecule has 1 aliphatic heterocycles. The van der Waals surface area contributed by atoms with Gasteiger partial charge >= 0.3 is 0 Å². The van der Waals surface area contributed by atoms with Gasteiger partial charge in [-0.05, 0) is 54.1 Å². The summed E-state index contributed by atoms with van der Waals surface area (Å²) in [7, 11) is 1.61. The van der Waals surface area contributed by atoms with E-state index in [1.54, 1.807) is 49.7 Å². The number of benzene rings is 3. The van der Waals surface area contributed by atoms with Crippen molar-refractivity contribution in [2.45, 2.75) is 12.0 Å². The van der Waals surface area contributed by atoms with Crippen LogP contribution in [-0.2, 0) is 0 Å². The third kappa shape index (κ3) is 4.60. The van der Waals surface area contributed by atoms with Crippen molar-refractivity contribution in [1.29, 1.82) is 0 Å². The van der Waals surface area contributed by atoms with E-state index in [4.69, 9.17) is 21.3 Å². The number of non-ortho nitro benzene ring substituents is 1. The summed E-state index contributed by atoms with van der Waals surface area (Å²) in [5.74, 6) is 0.357. The number of methoxy groups -OCH3 is 1. The fourth-order valence-corrected chi connectivity index (χ4v) is 5.28. The van der Waals surface area contributed by atoms with E-state index in [1.165, 1.54) is 23.5 Å². The molecule has 0 saturated carbocycles. The van der Waals surface area contributed by atoms with E-state index in [9.17, 15) is 14.9 Å². The number of hydrogen-bond acceptors (Lipinski definition) is 7. The highest BCUT2D eigenvalue weighted by Gasteiger charge is 2.37. The van der Waals surface area contributed by atoms with Gasteiger partial charge in [-0.2, -0.15) is 0 Å². The number of halogens is 1. The lowest BCUT2D eigenvalue weighted by Gasteiger charge is -2.21. The van der Waals surface area contributed by atoms with Gasteiger partial charge in [0.15, 0.2) is 5.78 Å². The molecule has 0 spiro atoms. The van der Waals surface area contributed by atoms with E-state index < -0.39 is 4.92 Å². The Hall–Kier alpha value is -4.01. The Bertz CT molecular complexity index is 1450. The standard InChI is InChI=1S/C27H20ClN3O4S/c1-35-21-12-6-17(7-13-21)24-22(26(32)18-2-8-19(28)9-3-18)14-29-25(24)27-30-23(15-36-27)16-4-10-20(11-5-16)31(33)34/h2-15,24-25,29H,1H3/t24-,25-/m1/s1. The molecule has 2 atom stereocenters. The minimum atomic E-state index is -0.428. The van der Waals surface area contributed by atoms with Gasteiger partial charge in [0, 0.05) is 51.4 Å². The predicted molar refractivity (Wildman–Crippen MR) is 140 cm³/mol. The number of nitro groups is 1. The summed E-state index contributed by atoms with van der Waals surface area (Å²) in [6.45, 7) is 0. The Kier molecular flexibility index (Phi) is 6.54. The van der Waals surface area contributed by atoms with Gasteiger partial charge in [0.25, 0.3) is 5.69 Å². The van der Waals surface area contributed by atoms with Crippen LogP contribution < -0.4 is 10.1 Å². The van der Waals surface area contributed by atoms with Gasteiger partial charge in [0.05, 0.1) is 23.8 Å². The number of nitrogens with one attached hydrogen (secondary N) is 1. The number of carbonyl (C=O) groups excluding carboxylic acids is 1. The molecule has 0 aliphatic carbocycles. The first-order valence-electron chi connectivity index (χ1n) is 11.0. The van der Waals surface area contributed by atoms with Crippen LogP contribution in [0.1, 0.15) is 32.9 Å². The fourth-order valence-electron chi connectivity index (χ4n) is 4.23. The fraction of sp³-hybridized carbons (Fsp3) is 0.111. The molecule has 0 unspecified atom stereocenters. The van der Waals surface area contributed by atoms with Crippen LogP contribution in [0.25, 0.3) is 11.3 Å². The largest absolute Gasteiger partial charge is 0.497 e. The number of ketones is 1. The molecule has 7 nitrogen and oxygen atoms in total. The number of hydrogen-bond donors (Lipinski definition) is 1. The maximum atomic E-state index is 13.5. The summed E-state index contributed by atoms with van der Waals surface area (Å²) < 4.78 is 5.31. The van der Waals surface area contributed by atoms with Crippen LogP contribution in [-0.4, -0.2) is 22.8 Å². The maximum Gasteiger partial charge on any atom is 0.269 e. The molecule has 0 amide bonds. The number of nitro benzene ring substituents is 1. The van der Waals surface area contributed by atoms with Gasteiger partial charge < -0.3 is 10.1 Å². The SMILES string of the molecule is COc1ccc([C@@H]2C(C(=O)c3ccc(Cl)cc3)=CN[C@H]2c2nc(-c3ccc([N+](=O)[O-])cc3)cs2)cc1. The maximum absolute atomic E-state index is 13.5. The van der Waals surface area contributed by atoms with Crippen molar-refractivity contribution in [3.8, 4) is 17.0 Å². The summed E-state index contributed by atoms with van der Waals surface area (Å²) in [6, 6.07) is 20.6. The first-order valence-corrected chi connectivity index (χ1v) is 12.3. The third-order valence-electron chi connectivity index (χ3n) is 6.09. The van der Waals surface area contributed by atoms with Gasteiger partial charge in [0.1, 0.15) is 10.8 Å². The summed E-state index contributed by atoms with van der Waals surface area (Å²) in [5, 5.41) is 17.6. The Morgan fingerprint density at radius 1 is 1.06 bits per heavy atom. The van der Waals surface area contributed by atoms with Gasteiger partial charge in [-0.25, -0.2) is 4.98 Å². The number of Topliss-reactive ketones (excluding diaryl/α,β-unsaturated/α-hetero) is 1. The van der Waals surface area contributed by atoms with E-state index >= 15 is 0 Å². The van der Waals surface area contributed by atoms with E-state index in [1.807, 2.05) is 29.6 Å². The topological polar surface area (TPSA) is 94.4 Å². The first-order chi connectivity index (χ1) is 17.4. The number of carbonyl (C=O) groups is 1. The van der Waals surface area contributed by atoms with Gasteiger partial charge in [0.2, 0.25) is 0 Å². The molecule has 2 heterocycles. The molecule has 0 radical (unpaired) electrons. The lowest BCUT2D eigenvalue weighted by atomic mass is 9.84. The van der Waals surface area contributed by atoms with E-state index in [2.05, 4.69) is 5.32 Å². The van der Waals surface area contributed by atoms with Gasteiger partial charge in [-0.15, -0.1) is 11.3 Å². The minimum Gasteiger partial charge on any atom is -0.497 e. The van der Waals surface area contributed by atoms with Gasteiger partial charge in [-0.3, -0.25) is 14.9 Å². The summed E-state index contributed by atoms with van der Waals surface area (Å²) in [4.78, 5) is 28.9. The normalized spacial score (nSPS) is 16.8. The molecule has 1 aliphatic rings. The van der Waals surface area contributed by atoms with Crippen molar-refractivity contribution in [3.05, 3.63) is 121 Å². The molecule has 5 rings (SSSR count). The highest BCUT2D eigenvalue weighted by atomic mass is 35.5. The lowest BCUT2D eigenvalue weighted by Crippen LogP contribution is -2.19. The van der Waals surface area contributed by atoms with Crippen LogP contribution in [0, 0.1) is 10.1 Å². The molecule has 0 saturated heterocycles. The second-order valence-electron chi connectivity index (χ2n) is 8.21. The van der Waals surface area contributed by atoms with Crippen molar-refractivity contribution in [2.24, 2.45) is 0 Å². The lowest BCUT2D eigenvalue weighted by molar-refractivity contribution is -0.384. The van der Waals surface area contributed by atoms with Crippen molar-refractivity contribution >= 4 is 34.4 Å². The second kappa shape index (κ2) is 9.93. The average Bonchev–Trinajstić information content (AvgIpc) is 3.56. The average molecular weight is 518 g/mol. The van der Waals surface area contributed by atoms with Crippen LogP contribution in [0.3, 0.4) is 0 Å². The van der Waals surface area contributed by atoms with E-state index in [0.717, 1.165) is 27.6 Å².